The number of hydrogen-bond donors (Lipinski definition) is 1. The van der Waals surface area contributed by atoms with E-state index >= 15 is 0 Å². The van der Waals surface area contributed by atoms with E-state index in [0.717, 1.165) is 49.9 Å². The van der Waals surface area contributed by atoms with Gasteiger partial charge in [0.2, 0.25) is 0 Å². The molecule has 1 fully saturated rings. The molecule has 7 heteroatoms. The minimum absolute atomic E-state index is 0.447. The third kappa shape index (κ3) is 4.04. The van der Waals surface area contributed by atoms with Crippen LogP contribution in [0, 0.1) is 0 Å². The topological polar surface area (TPSA) is 80.4 Å². The first-order valence-electron chi connectivity index (χ1n) is 9.37. The van der Waals surface area contributed by atoms with Crippen LogP contribution in [0.25, 0.3) is 11.4 Å². The normalized spacial score (nSPS) is 14.8. The molecule has 0 saturated carbocycles. The number of nitrogens with two attached hydrogens (primary N) is 1. The fourth-order valence-corrected chi connectivity index (χ4v) is 3.46. The molecule has 0 aliphatic carbocycles. The number of nitrogens with zero attached hydrogens (tertiary/aromatic N) is 5. The fraction of sp³-hybridized carbons (Fsp3) is 0.286. The van der Waals surface area contributed by atoms with E-state index in [4.69, 9.17) is 10.5 Å². The molecule has 1 aromatic carbocycles. The first kappa shape index (κ1) is 18.2. The van der Waals surface area contributed by atoms with Gasteiger partial charge < -0.3 is 15.4 Å². The number of hydrogen-bond acceptors (Lipinski definition) is 7. The molecule has 1 saturated heterocycles. The second kappa shape index (κ2) is 8.22. The molecule has 3 aromatic rings. The average Bonchev–Trinajstić information content (AvgIpc) is 2.75. The summed E-state index contributed by atoms with van der Waals surface area (Å²) in [6.45, 7) is 4.80. The lowest BCUT2D eigenvalue weighted by atomic mass is 10.1. The summed E-state index contributed by atoms with van der Waals surface area (Å²) in [6, 6.07) is 13.9. The zero-order valence-corrected chi connectivity index (χ0v) is 16.0. The van der Waals surface area contributed by atoms with Gasteiger partial charge in [0.05, 0.1) is 12.7 Å². The van der Waals surface area contributed by atoms with Crippen LogP contribution >= 0.6 is 0 Å². The molecule has 144 valence electrons. The van der Waals surface area contributed by atoms with Crippen molar-refractivity contribution in [3.63, 3.8) is 0 Å². The van der Waals surface area contributed by atoms with Crippen LogP contribution in [0.15, 0.2) is 54.9 Å². The van der Waals surface area contributed by atoms with Crippen LogP contribution in [0.2, 0.25) is 0 Å². The zero-order valence-electron chi connectivity index (χ0n) is 16.0. The molecule has 2 aromatic heterocycles. The van der Waals surface area contributed by atoms with Crippen LogP contribution in [-0.2, 0) is 6.54 Å². The molecule has 1 aliphatic rings. The summed E-state index contributed by atoms with van der Waals surface area (Å²) in [5.74, 6) is 2.82. The highest BCUT2D eigenvalue weighted by molar-refractivity contribution is 5.66. The van der Waals surface area contributed by atoms with Crippen molar-refractivity contribution in [3.05, 3.63) is 60.4 Å². The van der Waals surface area contributed by atoms with Gasteiger partial charge in [-0.3, -0.25) is 4.90 Å². The first-order valence-corrected chi connectivity index (χ1v) is 9.37. The predicted octanol–water partition coefficient (Wildman–Crippen LogP) is 2.45. The Kier molecular flexibility index (Phi) is 5.34. The van der Waals surface area contributed by atoms with Crippen molar-refractivity contribution in [3.8, 4) is 17.1 Å². The number of nitrogen functional groups attached to an aromatic ring is 1. The molecule has 7 nitrogen and oxygen atoms in total. The van der Waals surface area contributed by atoms with Crippen molar-refractivity contribution < 1.29 is 4.74 Å². The van der Waals surface area contributed by atoms with Crippen molar-refractivity contribution >= 4 is 11.6 Å². The Hall–Kier alpha value is -3.19. The Morgan fingerprint density at radius 1 is 1.00 bits per heavy atom. The van der Waals surface area contributed by atoms with E-state index in [0.29, 0.717) is 11.6 Å². The highest BCUT2D eigenvalue weighted by atomic mass is 16.5. The fourth-order valence-electron chi connectivity index (χ4n) is 3.46. The third-order valence-electron chi connectivity index (χ3n) is 4.93. The molecule has 0 spiro atoms. The van der Waals surface area contributed by atoms with E-state index in [2.05, 4.69) is 43.0 Å². The molecule has 0 bridgehead atoms. The van der Waals surface area contributed by atoms with E-state index in [1.807, 2.05) is 24.4 Å². The molecule has 0 unspecified atom stereocenters. The Bertz CT molecular complexity index is 925. The van der Waals surface area contributed by atoms with Crippen molar-refractivity contribution in [1.82, 2.24) is 19.9 Å². The number of aromatic nitrogens is 3. The number of anilines is 2. The molecule has 4 rings (SSSR count). The Balaban J connectivity index is 1.46. The number of pyridine rings is 1. The van der Waals surface area contributed by atoms with Crippen LogP contribution < -0.4 is 15.4 Å². The SMILES string of the molecule is COc1ccc(CN2CCN(c3ccccn3)CC2)cc1-c1nccc(N)n1. The molecular weight excluding hydrogens is 352 g/mol. The Labute approximate surface area is 164 Å². The van der Waals surface area contributed by atoms with Gasteiger partial charge in [0, 0.05) is 45.1 Å². The number of methoxy groups -OCH3 is 1. The van der Waals surface area contributed by atoms with E-state index < -0.39 is 0 Å². The standard InChI is InChI=1S/C21H24N6O/c1-28-18-6-5-16(14-17(18)21-24-9-7-19(22)25-21)15-26-10-12-27(13-11-26)20-4-2-3-8-23-20/h2-9,14H,10-13,15H2,1H3,(H2,22,24,25). The van der Waals surface area contributed by atoms with Crippen molar-refractivity contribution in [2.45, 2.75) is 6.54 Å². The highest BCUT2D eigenvalue weighted by Crippen LogP contribution is 2.29. The minimum Gasteiger partial charge on any atom is -0.496 e. The van der Waals surface area contributed by atoms with E-state index in [-0.39, 0.29) is 0 Å². The van der Waals surface area contributed by atoms with Gasteiger partial charge in [-0.05, 0) is 35.9 Å². The first-order chi connectivity index (χ1) is 13.7. The summed E-state index contributed by atoms with van der Waals surface area (Å²) < 4.78 is 5.50. The average molecular weight is 376 g/mol. The number of piperazine rings is 1. The van der Waals surface area contributed by atoms with Gasteiger partial charge in [-0.25, -0.2) is 15.0 Å². The Morgan fingerprint density at radius 3 is 2.57 bits per heavy atom. The van der Waals surface area contributed by atoms with Crippen LogP contribution in [-0.4, -0.2) is 53.1 Å². The summed E-state index contributed by atoms with van der Waals surface area (Å²) in [6.07, 6.45) is 3.51. The van der Waals surface area contributed by atoms with Crippen molar-refractivity contribution in [2.24, 2.45) is 0 Å². The van der Waals surface area contributed by atoms with Crippen molar-refractivity contribution in [2.75, 3.05) is 43.9 Å². The van der Waals surface area contributed by atoms with Gasteiger partial charge in [-0.15, -0.1) is 0 Å². The van der Waals surface area contributed by atoms with Crippen LogP contribution in [0.4, 0.5) is 11.6 Å². The molecule has 3 heterocycles. The summed E-state index contributed by atoms with van der Waals surface area (Å²) in [7, 11) is 1.65. The van der Waals surface area contributed by atoms with Gasteiger partial charge in [-0.1, -0.05) is 12.1 Å². The van der Waals surface area contributed by atoms with Gasteiger partial charge in [0.25, 0.3) is 0 Å². The van der Waals surface area contributed by atoms with Gasteiger partial charge >= 0.3 is 0 Å². The summed E-state index contributed by atoms with van der Waals surface area (Å²) in [5, 5.41) is 0. The minimum atomic E-state index is 0.447. The lowest BCUT2D eigenvalue weighted by molar-refractivity contribution is 0.249. The second-order valence-electron chi connectivity index (χ2n) is 6.79. The molecule has 1 aliphatic heterocycles. The van der Waals surface area contributed by atoms with E-state index in [1.54, 1.807) is 19.4 Å². The van der Waals surface area contributed by atoms with Gasteiger partial charge in [0.15, 0.2) is 5.82 Å². The maximum atomic E-state index is 5.83. The highest BCUT2D eigenvalue weighted by Gasteiger charge is 2.19. The van der Waals surface area contributed by atoms with Crippen LogP contribution in [0.3, 0.4) is 0 Å². The smallest absolute Gasteiger partial charge is 0.165 e. The zero-order chi connectivity index (χ0) is 19.3. The Morgan fingerprint density at radius 2 is 1.86 bits per heavy atom. The molecule has 0 amide bonds. The van der Waals surface area contributed by atoms with Crippen LogP contribution in [0.5, 0.6) is 5.75 Å². The van der Waals surface area contributed by atoms with Gasteiger partial charge in [0.1, 0.15) is 17.4 Å². The molecule has 28 heavy (non-hydrogen) atoms. The summed E-state index contributed by atoms with van der Waals surface area (Å²) >= 11 is 0. The largest absolute Gasteiger partial charge is 0.496 e. The summed E-state index contributed by atoms with van der Waals surface area (Å²) in [4.78, 5) is 17.9. The molecular formula is C21H24N6O. The third-order valence-corrected chi connectivity index (χ3v) is 4.93. The lowest BCUT2D eigenvalue weighted by Gasteiger charge is -2.35. The lowest BCUT2D eigenvalue weighted by Crippen LogP contribution is -2.46. The van der Waals surface area contributed by atoms with E-state index in [1.165, 1.54) is 5.56 Å². The van der Waals surface area contributed by atoms with E-state index in [9.17, 15) is 0 Å². The quantitative estimate of drug-likeness (QED) is 0.732. The second-order valence-corrected chi connectivity index (χ2v) is 6.79. The monoisotopic (exact) mass is 376 g/mol. The van der Waals surface area contributed by atoms with Gasteiger partial charge in [-0.2, -0.15) is 0 Å². The number of ether oxygens (including phenoxy) is 1. The molecule has 0 atom stereocenters. The van der Waals surface area contributed by atoms with Crippen LogP contribution in [0.1, 0.15) is 5.56 Å². The maximum absolute atomic E-state index is 5.83. The summed E-state index contributed by atoms with van der Waals surface area (Å²) in [5.41, 5.74) is 7.89. The number of benzene rings is 1. The molecule has 0 radical (unpaired) electrons. The maximum Gasteiger partial charge on any atom is 0.165 e. The van der Waals surface area contributed by atoms with Crippen molar-refractivity contribution in [1.29, 1.82) is 0 Å². The molecule has 2 N–H and O–H groups in total. The predicted molar refractivity (Wildman–Crippen MR) is 110 cm³/mol. The number of rotatable bonds is 5.